The van der Waals surface area contributed by atoms with E-state index in [-0.39, 0.29) is 5.60 Å². The summed E-state index contributed by atoms with van der Waals surface area (Å²) >= 11 is 0. The van der Waals surface area contributed by atoms with Crippen molar-refractivity contribution < 1.29 is 9.53 Å². The van der Waals surface area contributed by atoms with Gasteiger partial charge in [0.25, 0.3) is 5.91 Å². The van der Waals surface area contributed by atoms with Crippen LogP contribution in [0.1, 0.15) is 61.0 Å². The van der Waals surface area contributed by atoms with Gasteiger partial charge in [0.1, 0.15) is 11.3 Å². The number of primary amides is 1. The minimum absolute atomic E-state index is 0.306. The summed E-state index contributed by atoms with van der Waals surface area (Å²) in [7, 11) is 1.85. The Morgan fingerprint density at radius 2 is 1.93 bits per heavy atom. The topological polar surface area (TPSA) is 68.5 Å². The van der Waals surface area contributed by atoms with Crippen molar-refractivity contribution in [3.8, 4) is 0 Å². The van der Waals surface area contributed by atoms with Gasteiger partial charge < -0.3 is 15.4 Å². The molecule has 5 aliphatic rings. The van der Waals surface area contributed by atoms with Crippen LogP contribution in [0.25, 0.3) is 0 Å². The van der Waals surface area contributed by atoms with Gasteiger partial charge in [0.15, 0.2) is 0 Å². The van der Waals surface area contributed by atoms with Crippen LogP contribution in [-0.2, 0) is 10.3 Å². The van der Waals surface area contributed by atoms with Gasteiger partial charge in [-0.05, 0) is 73.0 Å². The predicted molar refractivity (Wildman–Crippen MR) is 106 cm³/mol. The summed E-state index contributed by atoms with van der Waals surface area (Å²) in [6.45, 7) is 3.49. The first-order valence-electron chi connectivity index (χ1n) is 11.0. The Bertz CT molecular complexity index is 801. The number of hydrogen-bond acceptors (Lipinski definition) is 4. The van der Waals surface area contributed by atoms with Crippen molar-refractivity contribution in [1.29, 1.82) is 0 Å². The molecule has 1 aromatic rings. The normalized spacial score (nSPS) is 46.0. The van der Waals surface area contributed by atoms with Gasteiger partial charge in [0, 0.05) is 44.8 Å². The number of piperidine rings is 1. The third-order valence-electron chi connectivity index (χ3n) is 9.18. The van der Waals surface area contributed by atoms with Crippen molar-refractivity contribution in [3.05, 3.63) is 29.6 Å². The zero-order valence-electron chi connectivity index (χ0n) is 16.8. The van der Waals surface area contributed by atoms with Crippen LogP contribution >= 0.6 is 0 Å². The third kappa shape index (κ3) is 2.20. The van der Waals surface area contributed by atoms with E-state index in [1.165, 1.54) is 38.6 Å². The molecule has 4 saturated carbocycles. The number of hydrogen-bond donors (Lipinski definition) is 1. The first-order valence-corrected chi connectivity index (χ1v) is 11.0. The summed E-state index contributed by atoms with van der Waals surface area (Å²) in [4.78, 5) is 18.6. The van der Waals surface area contributed by atoms with E-state index in [4.69, 9.17) is 10.5 Å². The van der Waals surface area contributed by atoms with E-state index in [0.29, 0.717) is 17.5 Å². The molecule has 2 N–H and O–H groups in total. The lowest BCUT2D eigenvalue weighted by Crippen LogP contribution is -2.59. The molecule has 1 saturated heterocycles. The molecular formula is C23H31N3O2. The van der Waals surface area contributed by atoms with Crippen molar-refractivity contribution in [2.75, 3.05) is 26.7 Å². The quantitative estimate of drug-likeness (QED) is 0.851. The van der Waals surface area contributed by atoms with Crippen LogP contribution in [0.5, 0.6) is 0 Å². The Morgan fingerprint density at radius 1 is 1.25 bits per heavy atom. The van der Waals surface area contributed by atoms with Crippen LogP contribution < -0.4 is 5.73 Å². The van der Waals surface area contributed by atoms with Crippen LogP contribution in [0, 0.1) is 28.6 Å². The van der Waals surface area contributed by atoms with Crippen molar-refractivity contribution in [2.45, 2.75) is 50.5 Å². The van der Waals surface area contributed by atoms with Crippen molar-refractivity contribution in [1.82, 2.24) is 9.88 Å². The Morgan fingerprint density at radius 3 is 2.54 bits per heavy atom. The number of carbonyl (C=O) groups is 1. The first kappa shape index (κ1) is 17.4. The molecule has 2 bridgehead atoms. The van der Waals surface area contributed by atoms with Crippen molar-refractivity contribution >= 4 is 5.91 Å². The Hall–Kier alpha value is -1.46. The third-order valence-corrected chi connectivity index (χ3v) is 9.18. The number of methoxy groups -OCH3 is 1. The fourth-order valence-electron chi connectivity index (χ4n) is 7.95. The minimum atomic E-state index is -0.465. The Kier molecular flexibility index (Phi) is 3.46. The monoisotopic (exact) mass is 381 g/mol. The largest absolute Gasteiger partial charge is 0.373 e. The minimum Gasteiger partial charge on any atom is -0.373 e. The van der Waals surface area contributed by atoms with Gasteiger partial charge >= 0.3 is 0 Å². The Labute approximate surface area is 167 Å². The zero-order valence-corrected chi connectivity index (χ0v) is 16.8. The van der Waals surface area contributed by atoms with E-state index in [1.54, 1.807) is 19.0 Å². The number of rotatable bonds is 5. The molecule has 28 heavy (non-hydrogen) atoms. The second kappa shape index (κ2) is 5.57. The molecule has 0 radical (unpaired) electrons. The molecule has 0 aromatic carbocycles. The molecule has 1 aromatic heterocycles. The lowest BCUT2D eigenvalue weighted by Gasteiger charge is -2.55. The smallest absolute Gasteiger partial charge is 0.267 e. The maximum Gasteiger partial charge on any atom is 0.267 e. The number of amides is 1. The van der Waals surface area contributed by atoms with Crippen LogP contribution in [0.3, 0.4) is 0 Å². The fraction of sp³-hybridized carbons (Fsp3) is 0.739. The van der Waals surface area contributed by atoms with Gasteiger partial charge in [-0.15, -0.1) is 0 Å². The number of fused-ring (bicyclic) bond motifs is 2. The predicted octanol–water partition coefficient (Wildman–Crippen LogP) is 2.94. The number of carbonyl (C=O) groups excluding carboxylic acids is 1. The number of ether oxygens (including phenoxy) is 1. The lowest BCUT2D eigenvalue weighted by molar-refractivity contribution is -0.170. The van der Waals surface area contributed by atoms with E-state index < -0.39 is 5.91 Å². The molecule has 5 fully saturated rings. The lowest BCUT2D eigenvalue weighted by atomic mass is 9.62. The SMILES string of the molecule is COC1(c2ccnc(C(N)=O)c2)C2CCCC1CN(CC1CC34CC3(C1)C4)C2. The highest BCUT2D eigenvalue weighted by Gasteiger charge is 2.85. The second-order valence-corrected chi connectivity index (χ2v) is 10.5. The van der Waals surface area contributed by atoms with Crippen LogP contribution in [0.15, 0.2) is 18.3 Å². The summed E-state index contributed by atoms with van der Waals surface area (Å²) in [5, 5.41) is 0. The average Bonchev–Trinajstić information content (AvgIpc) is 3.40. The highest BCUT2D eigenvalue weighted by Crippen LogP contribution is 2.94. The molecule has 1 aliphatic heterocycles. The van der Waals surface area contributed by atoms with E-state index in [2.05, 4.69) is 9.88 Å². The van der Waals surface area contributed by atoms with Crippen molar-refractivity contribution in [3.63, 3.8) is 0 Å². The van der Waals surface area contributed by atoms with Crippen molar-refractivity contribution in [2.24, 2.45) is 34.3 Å². The van der Waals surface area contributed by atoms with E-state index in [9.17, 15) is 4.79 Å². The number of nitrogens with two attached hydrogens (primary N) is 1. The van der Waals surface area contributed by atoms with Gasteiger partial charge in [0.2, 0.25) is 0 Å². The molecule has 4 aliphatic carbocycles. The van der Waals surface area contributed by atoms with E-state index in [1.807, 2.05) is 19.2 Å². The summed E-state index contributed by atoms with van der Waals surface area (Å²) < 4.78 is 6.32. The maximum absolute atomic E-state index is 11.7. The number of likely N-dealkylation sites (tertiary alicyclic amines) is 1. The van der Waals surface area contributed by atoms with E-state index in [0.717, 1.165) is 35.4 Å². The molecule has 2 heterocycles. The molecule has 6 rings (SSSR count). The molecule has 1 amide bonds. The van der Waals surface area contributed by atoms with Gasteiger partial charge in [-0.1, -0.05) is 6.42 Å². The molecule has 5 heteroatoms. The van der Waals surface area contributed by atoms with Crippen LogP contribution in [0.2, 0.25) is 0 Å². The summed E-state index contributed by atoms with van der Waals surface area (Å²) in [6, 6.07) is 3.91. The molecular weight excluding hydrogens is 350 g/mol. The molecule has 2 atom stereocenters. The summed E-state index contributed by atoms with van der Waals surface area (Å²) in [6.07, 6.45) is 11.4. The number of aromatic nitrogens is 1. The number of pyridine rings is 1. The molecule has 2 unspecified atom stereocenters. The van der Waals surface area contributed by atoms with Gasteiger partial charge in [-0.3, -0.25) is 9.78 Å². The van der Waals surface area contributed by atoms with Crippen LogP contribution in [0.4, 0.5) is 0 Å². The molecule has 150 valence electrons. The molecule has 5 nitrogen and oxygen atoms in total. The van der Waals surface area contributed by atoms with Gasteiger partial charge in [-0.25, -0.2) is 0 Å². The highest BCUT2D eigenvalue weighted by atomic mass is 16.5. The van der Waals surface area contributed by atoms with Gasteiger partial charge in [0.05, 0.1) is 0 Å². The summed E-state index contributed by atoms with van der Waals surface area (Å²) in [5.74, 6) is 1.39. The average molecular weight is 382 g/mol. The standard InChI is InChI=1S/C23H31N3O2/c1-28-23(16-5-6-25-19(7-16)20(24)27)17-3-2-4-18(23)12-26(11-17)10-15-8-21-13-22(21,9-15)14-21/h5-7,15,17-18H,2-4,8-14H2,1H3,(H2,24,27). The van der Waals surface area contributed by atoms with Gasteiger partial charge in [-0.2, -0.15) is 0 Å². The summed E-state index contributed by atoms with van der Waals surface area (Å²) in [5.41, 5.74) is 8.28. The Balaban J connectivity index is 1.25. The maximum atomic E-state index is 11.7. The fourth-order valence-corrected chi connectivity index (χ4v) is 7.95. The molecule has 0 spiro atoms. The second-order valence-electron chi connectivity index (χ2n) is 10.5. The van der Waals surface area contributed by atoms with E-state index >= 15 is 0 Å². The number of nitrogens with zero attached hydrogens (tertiary/aromatic N) is 2. The highest BCUT2D eigenvalue weighted by molar-refractivity contribution is 5.90. The zero-order chi connectivity index (χ0) is 19.1. The van der Waals surface area contributed by atoms with Crippen LogP contribution in [-0.4, -0.2) is 42.5 Å². The first-order chi connectivity index (χ1) is 13.5.